The Bertz CT molecular complexity index is 1120. The van der Waals surface area contributed by atoms with Gasteiger partial charge in [-0.1, -0.05) is 13.8 Å². The van der Waals surface area contributed by atoms with Crippen molar-refractivity contribution in [2.45, 2.75) is 33.2 Å². The normalized spacial score (nSPS) is 11.3. The van der Waals surface area contributed by atoms with Gasteiger partial charge in [0.15, 0.2) is 5.65 Å². The minimum absolute atomic E-state index is 0.252. The third-order valence-corrected chi connectivity index (χ3v) is 4.77. The number of fused-ring (bicyclic) bond motifs is 1. The largest absolute Gasteiger partial charge is 0.478 e. The Labute approximate surface area is 169 Å². The minimum Gasteiger partial charge on any atom is -0.478 e. The first kappa shape index (κ1) is 18.9. The SMILES string of the molecule is CCOc1ncccc1-c1cnc2c(c(C(C)C)nn2C)c1NCc1cc[nH]n1. The van der Waals surface area contributed by atoms with Crippen molar-refractivity contribution in [3.05, 3.63) is 48.2 Å². The van der Waals surface area contributed by atoms with Crippen LogP contribution in [0.3, 0.4) is 0 Å². The predicted octanol–water partition coefficient (Wildman–Crippen LogP) is 3.89. The number of aromatic amines is 1. The summed E-state index contributed by atoms with van der Waals surface area (Å²) in [5.41, 5.74) is 5.55. The van der Waals surface area contributed by atoms with Crippen LogP contribution in [0.1, 0.15) is 38.1 Å². The van der Waals surface area contributed by atoms with E-state index in [0.29, 0.717) is 19.0 Å². The van der Waals surface area contributed by atoms with Crippen LogP contribution in [0, 0.1) is 0 Å². The topological polar surface area (TPSA) is 93.5 Å². The zero-order chi connectivity index (χ0) is 20.4. The fraction of sp³-hybridized carbons (Fsp3) is 0.333. The number of pyridine rings is 2. The number of aromatic nitrogens is 6. The second-order valence-electron chi connectivity index (χ2n) is 7.12. The van der Waals surface area contributed by atoms with Gasteiger partial charge in [-0.25, -0.2) is 9.97 Å². The molecule has 4 rings (SSSR count). The Hall–Kier alpha value is -3.42. The molecular formula is C21H25N7O. The lowest BCUT2D eigenvalue weighted by Crippen LogP contribution is -2.05. The van der Waals surface area contributed by atoms with Crippen molar-refractivity contribution in [2.75, 3.05) is 11.9 Å². The maximum atomic E-state index is 5.79. The van der Waals surface area contributed by atoms with E-state index < -0.39 is 0 Å². The van der Waals surface area contributed by atoms with Crippen LogP contribution in [0.5, 0.6) is 5.88 Å². The molecule has 0 aliphatic carbocycles. The second-order valence-corrected chi connectivity index (χ2v) is 7.12. The lowest BCUT2D eigenvalue weighted by Gasteiger charge is -2.16. The van der Waals surface area contributed by atoms with Crippen LogP contribution >= 0.6 is 0 Å². The average molecular weight is 391 g/mol. The third-order valence-electron chi connectivity index (χ3n) is 4.77. The number of aryl methyl sites for hydroxylation is 1. The predicted molar refractivity (Wildman–Crippen MR) is 113 cm³/mol. The van der Waals surface area contributed by atoms with E-state index in [0.717, 1.165) is 39.2 Å². The van der Waals surface area contributed by atoms with Gasteiger partial charge in [0.2, 0.25) is 5.88 Å². The van der Waals surface area contributed by atoms with Crippen molar-refractivity contribution in [1.29, 1.82) is 0 Å². The Morgan fingerprint density at radius 2 is 2.07 bits per heavy atom. The molecule has 0 unspecified atom stereocenters. The van der Waals surface area contributed by atoms with E-state index in [-0.39, 0.29) is 5.92 Å². The summed E-state index contributed by atoms with van der Waals surface area (Å²) in [5.74, 6) is 0.843. The summed E-state index contributed by atoms with van der Waals surface area (Å²) in [6.45, 7) is 7.35. The highest BCUT2D eigenvalue weighted by molar-refractivity contribution is 6.00. The molecule has 0 spiro atoms. The van der Waals surface area contributed by atoms with E-state index in [2.05, 4.69) is 34.3 Å². The summed E-state index contributed by atoms with van der Waals surface area (Å²) in [7, 11) is 1.92. The van der Waals surface area contributed by atoms with Crippen LogP contribution in [-0.2, 0) is 13.6 Å². The van der Waals surface area contributed by atoms with Crippen molar-refractivity contribution < 1.29 is 4.74 Å². The molecule has 8 nitrogen and oxygen atoms in total. The molecule has 0 saturated carbocycles. The van der Waals surface area contributed by atoms with Crippen LogP contribution in [0.4, 0.5) is 5.69 Å². The van der Waals surface area contributed by atoms with E-state index in [4.69, 9.17) is 14.8 Å². The maximum Gasteiger partial charge on any atom is 0.221 e. The van der Waals surface area contributed by atoms with Crippen LogP contribution in [0.25, 0.3) is 22.2 Å². The first-order chi connectivity index (χ1) is 14.1. The van der Waals surface area contributed by atoms with E-state index in [1.165, 1.54) is 0 Å². The second kappa shape index (κ2) is 7.90. The van der Waals surface area contributed by atoms with Crippen molar-refractivity contribution in [3.63, 3.8) is 0 Å². The van der Waals surface area contributed by atoms with Crippen molar-refractivity contribution >= 4 is 16.7 Å². The van der Waals surface area contributed by atoms with Gasteiger partial charge in [-0.15, -0.1) is 0 Å². The van der Waals surface area contributed by atoms with E-state index in [1.807, 2.05) is 49.2 Å². The molecule has 150 valence electrons. The Morgan fingerprint density at radius 1 is 1.21 bits per heavy atom. The maximum absolute atomic E-state index is 5.79. The molecule has 0 amide bonds. The van der Waals surface area contributed by atoms with Crippen LogP contribution in [0.2, 0.25) is 0 Å². The summed E-state index contributed by atoms with van der Waals surface area (Å²) >= 11 is 0. The van der Waals surface area contributed by atoms with Crippen LogP contribution in [-0.4, -0.2) is 36.6 Å². The summed E-state index contributed by atoms with van der Waals surface area (Å²) in [4.78, 5) is 9.15. The van der Waals surface area contributed by atoms with Gasteiger partial charge in [0.25, 0.3) is 0 Å². The molecule has 4 aromatic rings. The van der Waals surface area contributed by atoms with Gasteiger partial charge in [0.05, 0.1) is 35.6 Å². The number of ether oxygens (including phenoxy) is 1. The number of hydrogen-bond acceptors (Lipinski definition) is 6. The molecule has 0 saturated heterocycles. The minimum atomic E-state index is 0.252. The zero-order valence-corrected chi connectivity index (χ0v) is 17.1. The molecule has 4 heterocycles. The number of anilines is 1. The molecule has 4 aromatic heterocycles. The Kier molecular flexibility index (Phi) is 5.16. The number of nitrogens with zero attached hydrogens (tertiary/aromatic N) is 5. The summed E-state index contributed by atoms with van der Waals surface area (Å²) in [6.07, 6.45) is 5.42. The number of rotatable bonds is 7. The molecule has 0 aromatic carbocycles. The van der Waals surface area contributed by atoms with E-state index >= 15 is 0 Å². The van der Waals surface area contributed by atoms with Gasteiger partial charge in [-0.3, -0.25) is 9.78 Å². The van der Waals surface area contributed by atoms with Crippen LogP contribution < -0.4 is 10.1 Å². The standard InChI is InChI=1S/C21H25N7O/c1-5-29-21-15(7-6-9-22-21)16-12-24-20-17(18(13(2)3)27-28(20)4)19(16)23-11-14-8-10-25-26-14/h6-10,12-13H,5,11H2,1-4H3,(H,23,24)(H,25,26). The summed E-state index contributed by atoms with van der Waals surface area (Å²) in [6, 6.07) is 5.87. The Balaban J connectivity index is 1.94. The molecule has 0 radical (unpaired) electrons. The van der Waals surface area contributed by atoms with Crippen LogP contribution in [0.15, 0.2) is 36.8 Å². The van der Waals surface area contributed by atoms with E-state index in [1.54, 1.807) is 6.20 Å². The van der Waals surface area contributed by atoms with Gasteiger partial charge in [-0.05, 0) is 31.0 Å². The summed E-state index contributed by atoms with van der Waals surface area (Å²) < 4.78 is 7.62. The monoisotopic (exact) mass is 391 g/mol. The fourth-order valence-electron chi connectivity index (χ4n) is 3.46. The first-order valence-corrected chi connectivity index (χ1v) is 9.76. The van der Waals surface area contributed by atoms with Gasteiger partial charge in [0.1, 0.15) is 0 Å². The number of hydrogen-bond donors (Lipinski definition) is 2. The quantitative estimate of drug-likeness (QED) is 0.496. The van der Waals surface area contributed by atoms with Gasteiger partial charge in [0, 0.05) is 36.8 Å². The zero-order valence-electron chi connectivity index (χ0n) is 17.1. The van der Waals surface area contributed by atoms with Crippen molar-refractivity contribution in [1.82, 2.24) is 29.9 Å². The molecule has 0 aliphatic heterocycles. The first-order valence-electron chi connectivity index (χ1n) is 9.76. The average Bonchev–Trinajstić information content (AvgIpc) is 3.35. The molecule has 0 atom stereocenters. The van der Waals surface area contributed by atoms with E-state index in [9.17, 15) is 0 Å². The number of nitrogens with one attached hydrogen (secondary N) is 2. The highest BCUT2D eigenvalue weighted by Crippen LogP contribution is 2.40. The lowest BCUT2D eigenvalue weighted by molar-refractivity contribution is 0.328. The summed E-state index contributed by atoms with van der Waals surface area (Å²) in [5, 5.41) is 16.4. The van der Waals surface area contributed by atoms with Crippen molar-refractivity contribution in [2.24, 2.45) is 7.05 Å². The molecule has 2 N–H and O–H groups in total. The molecule has 0 fully saturated rings. The van der Waals surface area contributed by atoms with Gasteiger partial charge < -0.3 is 10.1 Å². The lowest BCUT2D eigenvalue weighted by atomic mass is 10.0. The molecule has 29 heavy (non-hydrogen) atoms. The number of H-pyrrole nitrogens is 1. The molecular weight excluding hydrogens is 366 g/mol. The highest BCUT2D eigenvalue weighted by atomic mass is 16.5. The third kappa shape index (κ3) is 3.53. The smallest absolute Gasteiger partial charge is 0.221 e. The highest BCUT2D eigenvalue weighted by Gasteiger charge is 2.22. The molecule has 8 heteroatoms. The van der Waals surface area contributed by atoms with Gasteiger partial charge >= 0.3 is 0 Å². The van der Waals surface area contributed by atoms with Gasteiger partial charge in [-0.2, -0.15) is 10.2 Å². The Morgan fingerprint density at radius 3 is 2.79 bits per heavy atom. The molecule has 0 bridgehead atoms. The molecule has 0 aliphatic rings. The fourth-order valence-corrected chi connectivity index (χ4v) is 3.46. The van der Waals surface area contributed by atoms with Crippen molar-refractivity contribution in [3.8, 4) is 17.0 Å².